The molecule has 154 valence electrons. The molecule has 2 heterocycles. The minimum absolute atomic E-state index is 0.0447. The van der Waals surface area contributed by atoms with Crippen LogP contribution < -0.4 is 5.32 Å². The van der Waals surface area contributed by atoms with Crippen LogP contribution >= 0.6 is 0 Å². The van der Waals surface area contributed by atoms with E-state index in [1.807, 2.05) is 41.2 Å². The molecule has 0 aliphatic heterocycles. The Morgan fingerprint density at radius 3 is 2.69 bits per heavy atom. The molecule has 0 atom stereocenters. The normalized spacial score (nSPS) is 11.1. The highest BCUT2D eigenvalue weighted by molar-refractivity contribution is 5.90. The number of rotatable bonds is 11. The molecule has 0 unspecified atom stereocenters. The number of aryl methyl sites for hydroxylation is 1. The fourth-order valence-corrected chi connectivity index (χ4v) is 2.98. The van der Waals surface area contributed by atoms with Crippen LogP contribution in [0.3, 0.4) is 0 Å². The third-order valence-corrected chi connectivity index (χ3v) is 4.70. The Kier molecular flexibility index (Phi) is 7.46. The number of carbonyl (C=O) groups excluding carboxylic acids is 1. The van der Waals surface area contributed by atoms with Crippen molar-refractivity contribution in [1.29, 1.82) is 0 Å². The molecule has 2 aromatic heterocycles. The lowest BCUT2D eigenvalue weighted by Gasteiger charge is -2.17. The average molecular weight is 396 g/mol. The summed E-state index contributed by atoms with van der Waals surface area (Å²) in [4.78, 5) is 16.0. The van der Waals surface area contributed by atoms with E-state index in [2.05, 4.69) is 44.6 Å². The highest BCUT2D eigenvalue weighted by Crippen LogP contribution is 2.12. The van der Waals surface area contributed by atoms with E-state index in [0.717, 1.165) is 37.4 Å². The SMILES string of the molecule is CCN(CC)CCn1cc(NC(=O)CCCn2nnc(-c3ccccc3)n2)cn1. The van der Waals surface area contributed by atoms with Gasteiger partial charge in [-0.1, -0.05) is 44.2 Å². The quantitative estimate of drug-likeness (QED) is 0.534. The molecular weight excluding hydrogens is 368 g/mol. The van der Waals surface area contributed by atoms with E-state index in [-0.39, 0.29) is 5.91 Å². The van der Waals surface area contributed by atoms with Gasteiger partial charge in [0.15, 0.2) is 0 Å². The van der Waals surface area contributed by atoms with Crippen LogP contribution in [0.1, 0.15) is 26.7 Å². The second-order valence-electron chi connectivity index (χ2n) is 6.75. The summed E-state index contributed by atoms with van der Waals surface area (Å²) >= 11 is 0. The summed E-state index contributed by atoms with van der Waals surface area (Å²) in [7, 11) is 0. The number of anilines is 1. The highest BCUT2D eigenvalue weighted by Gasteiger charge is 2.08. The van der Waals surface area contributed by atoms with E-state index in [1.54, 1.807) is 6.20 Å². The van der Waals surface area contributed by atoms with Gasteiger partial charge in [-0.25, -0.2) is 0 Å². The van der Waals surface area contributed by atoms with Crippen LogP contribution in [-0.2, 0) is 17.9 Å². The number of benzene rings is 1. The molecule has 9 heteroatoms. The standard InChI is InChI=1S/C20H28N8O/c1-3-26(4-2)13-14-27-16-18(15-21-27)22-19(29)11-8-12-28-24-20(23-25-28)17-9-6-5-7-10-17/h5-7,9-10,15-16H,3-4,8,11-14H2,1-2H3,(H,22,29). The number of nitrogens with one attached hydrogen (secondary N) is 1. The average Bonchev–Trinajstić information content (AvgIpc) is 3.39. The van der Waals surface area contributed by atoms with Gasteiger partial charge in [0.25, 0.3) is 0 Å². The molecule has 0 spiro atoms. The van der Waals surface area contributed by atoms with Crippen molar-refractivity contribution in [2.75, 3.05) is 25.0 Å². The number of carbonyl (C=O) groups is 1. The van der Waals surface area contributed by atoms with Crippen LogP contribution in [0.4, 0.5) is 5.69 Å². The Morgan fingerprint density at radius 2 is 1.93 bits per heavy atom. The Bertz CT molecular complexity index is 885. The van der Waals surface area contributed by atoms with Gasteiger partial charge in [-0.2, -0.15) is 9.90 Å². The fraction of sp³-hybridized carbons (Fsp3) is 0.450. The number of aromatic nitrogens is 6. The maximum absolute atomic E-state index is 12.2. The van der Waals surface area contributed by atoms with E-state index < -0.39 is 0 Å². The number of amides is 1. The van der Waals surface area contributed by atoms with Gasteiger partial charge >= 0.3 is 0 Å². The number of tetrazole rings is 1. The second kappa shape index (κ2) is 10.5. The molecule has 9 nitrogen and oxygen atoms in total. The van der Waals surface area contributed by atoms with Crippen molar-refractivity contribution in [3.05, 3.63) is 42.7 Å². The van der Waals surface area contributed by atoms with Gasteiger partial charge in [0.2, 0.25) is 11.7 Å². The summed E-state index contributed by atoms with van der Waals surface area (Å²) in [5.74, 6) is 0.545. The maximum Gasteiger partial charge on any atom is 0.224 e. The molecular formula is C20H28N8O. The smallest absolute Gasteiger partial charge is 0.224 e. The molecule has 3 aromatic rings. The predicted octanol–water partition coefficient (Wildman–Crippen LogP) is 2.30. The van der Waals surface area contributed by atoms with Crippen LogP contribution in [0.25, 0.3) is 11.4 Å². The van der Waals surface area contributed by atoms with E-state index in [1.165, 1.54) is 4.80 Å². The summed E-state index contributed by atoms with van der Waals surface area (Å²) < 4.78 is 1.86. The predicted molar refractivity (Wildman–Crippen MR) is 111 cm³/mol. The number of hydrogen-bond acceptors (Lipinski definition) is 6. The third kappa shape index (κ3) is 6.21. The van der Waals surface area contributed by atoms with Crippen molar-refractivity contribution in [2.45, 2.75) is 39.8 Å². The number of likely N-dealkylation sites (N-methyl/N-ethyl adjacent to an activating group) is 1. The van der Waals surface area contributed by atoms with Gasteiger partial charge in [0, 0.05) is 24.7 Å². The minimum atomic E-state index is -0.0447. The van der Waals surface area contributed by atoms with Gasteiger partial charge in [-0.15, -0.1) is 10.2 Å². The minimum Gasteiger partial charge on any atom is -0.323 e. The number of nitrogens with zero attached hydrogens (tertiary/aromatic N) is 7. The lowest BCUT2D eigenvalue weighted by Crippen LogP contribution is -2.27. The molecule has 0 radical (unpaired) electrons. The van der Waals surface area contributed by atoms with Gasteiger partial charge in [-0.05, 0) is 24.7 Å². The zero-order valence-electron chi connectivity index (χ0n) is 17.0. The molecule has 0 bridgehead atoms. The largest absolute Gasteiger partial charge is 0.323 e. The highest BCUT2D eigenvalue weighted by atomic mass is 16.1. The first-order valence-electron chi connectivity index (χ1n) is 10.1. The van der Waals surface area contributed by atoms with E-state index in [9.17, 15) is 4.79 Å². The van der Waals surface area contributed by atoms with Crippen molar-refractivity contribution in [3.8, 4) is 11.4 Å². The van der Waals surface area contributed by atoms with Gasteiger partial charge in [-0.3, -0.25) is 9.48 Å². The van der Waals surface area contributed by atoms with Crippen molar-refractivity contribution >= 4 is 11.6 Å². The van der Waals surface area contributed by atoms with Gasteiger partial charge in [0.1, 0.15) is 0 Å². The molecule has 1 N–H and O–H groups in total. The monoisotopic (exact) mass is 396 g/mol. The topological polar surface area (TPSA) is 93.8 Å². The van der Waals surface area contributed by atoms with E-state index in [4.69, 9.17) is 0 Å². The first-order valence-corrected chi connectivity index (χ1v) is 10.1. The summed E-state index contributed by atoms with van der Waals surface area (Å²) in [5.41, 5.74) is 1.65. The van der Waals surface area contributed by atoms with Crippen molar-refractivity contribution < 1.29 is 4.79 Å². The van der Waals surface area contributed by atoms with E-state index in [0.29, 0.717) is 25.2 Å². The van der Waals surface area contributed by atoms with Crippen molar-refractivity contribution in [2.24, 2.45) is 0 Å². The van der Waals surface area contributed by atoms with Gasteiger partial charge in [0.05, 0.1) is 25.0 Å². The summed E-state index contributed by atoms with van der Waals surface area (Å²) in [6, 6.07) is 9.70. The van der Waals surface area contributed by atoms with E-state index >= 15 is 0 Å². The third-order valence-electron chi connectivity index (χ3n) is 4.70. The maximum atomic E-state index is 12.2. The zero-order valence-corrected chi connectivity index (χ0v) is 17.0. The Hall–Kier alpha value is -3.07. The van der Waals surface area contributed by atoms with Gasteiger partial charge < -0.3 is 10.2 Å². The molecule has 0 aliphatic rings. The fourth-order valence-electron chi connectivity index (χ4n) is 2.98. The Balaban J connectivity index is 1.40. The molecule has 1 amide bonds. The zero-order chi connectivity index (χ0) is 20.5. The lowest BCUT2D eigenvalue weighted by atomic mass is 10.2. The molecule has 0 saturated heterocycles. The van der Waals surface area contributed by atoms with Crippen LogP contribution in [0.15, 0.2) is 42.7 Å². The molecule has 0 fully saturated rings. The molecule has 1 aromatic carbocycles. The van der Waals surface area contributed by atoms with Crippen LogP contribution in [0.2, 0.25) is 0 Å². The first kappa shape index (κ1) is 20.7. The Morgan fingerprint density at radius 1 is 1.14 bits per heavy atom. The van der Waals surface area contributed by atoms with Crippen molar-refractivity contribution in [3.63, 3.8) is 0 Å². The molecule has 0 saturated carbocycles. The summed E-state index contributed by atoms with van der Waals surface area (Å²) in [5, 5.41) is 19.7. The van der Waals surface area contributed by atoms with Crippen LogP contribution in [-0.4, -0.2) is 60.4 Å². The van der Waals surface area contributed by atoms with Crippen LogP contribution in [0.5, 0.6) is 0 Å². The first-order chi connectivity index (χ1) is 14.2. The summed E-state index contributed by atoms with van der Waals surface area (Å²) in [6.45, 7) is 8.63. The van der Waals surface area contributed by atoms with Crippen LogP contribution in [0, 0.1) is 0 Å². The molecule has 29 heavy (non-hydrogen) atoms. The molecule has 3 rings (SSSR count). The lowest BCUT2D eigenvalue weighted by molar-refractivity contribution is -0.116. The summed E-state index contributed by atoms with van der Waals surface area (Å²) in [6.07, 6.45) is 4.57. The second-order valence-corrected chi connectivity index (χ2v) is 6.75. The molecule has 0 aliphatic carbocycles. The Labute approximate surface area is 170 Å². The van der Waals surface area contributed by atoms with Crippen molar-refractivity contribution in [1.82, 2.24) is 34.9 Å². The number of hydrogen-bond donors (Lipinski definition) is 1.